The molecule has 0 aliphatic heterocycles. The van der Waals surface area contributed by atoms with Gasteiger partial charge in [0.05, 0.1) is 24.3 Å². The van der Waals surface area contributed by atoms with E-state index in [2.05, 4.69) is 19.2 Å². The number of anilines is 1. The molecule has 0 aliphatic carbocycles. The molecular weight excluding hydrogens is 364 g/mol. The van der Waals surface area contributed by atoms with Crippen LogP contribution in [-0.4, -0.2) is 25.1 Å². The van der Waals surface area contributed by atoms with E-state index in [0.29, 0.717) is 34.2 Å². The number of thiophene rings is 1. The molecule has 0 saturated heterocycles. The molecule has 0 spiro atoms. The zero-order valence-corrected chi connectivity index (χ0v) is 16.6. The summed E-state index contributed by atoms with van der Waals surface area (Å²) in [7, 11) is 1.32. The molecule has 27 heavy (non-hydrogen) atoms. The van der Waals surface area contributed by atoms with Crippen LogP contribution in [0.15, 0.2) is 29.6 Å². The molecule has 1 aromatic heterocycles. The average molecular weight is 386 g/mol. The predicted octanol–water partition coefficient (Wildman–Crippen LogP) is 4.01. The van der Waals surface area contributed by atoms with Gasteiger partial charge in [-0.3, -0.25) is 4.79 Å². The van der Waals surface area contributed by atoms with Crippen LogP contribution in [0.25, 0.3) is 0 Å². The lowest BCUT2D eigenvalue weighted by molar-refractivity contribution is -0.122. The minimum atomic E-state index is -0.779. The van der Waals surface area contributed by atoms with Crippen LogP contribution in [0.3, 0.4) is 0 Å². The number of nitriles is 1. The Kier molecular flexibility index (Phi) is 6.97. The largest absolute Gasteiger partial charge is 0.481 e. The molecule has 2 rings (SSSR count). The van der Waals surface area contributed by atoms with Gasteiger partial charge in [-0.15, -0.1) is 11.3 Å². The van der Waals surface area contributed by atoms with Crippen molar-refractivity contribution in [1.82, 2.24) is 0 Å². The zero-order valence-electron chi connectivity index (χ0n) is 15.7. The van der Waals surface area contributed by atoms with Crippen molar-refractivity contribution in [2.75, 3.05) is 12.4 Å². The fraction of sp³-hybridized carbons (Fsp3) is 0.350. The highest BCUT2D eigenvalue weighted by Gasteiger charge is 2.24. The Labute approximate surface area is 162 Å². The van der Waals surface area contributed by atoms with E-state index in [-0.39, 0.29) is 5.91 Å². The van der Waals surface area contributed by atoms with E-state index in [9.17, 15) is 9.59 Å². The second-order valence-corrected chi connectivity index (χ2v) is 7.32. The monoisotopic (exact) mass is 386 g/mol. The molecule has 0 radical (unpaired) electrons. The maximum absolute atomic E-state index is 12.5. The first-order valence-corrected chi connectivity index (χ1v) is 9.40. The maximum Gasteiger partial charge on any atom is 0.341 e. The van der Waals surface area contributed by atoms with Crippen molar-refractivity contribution >= 4 is 28.2 Å². The Morgan fingerprint density at radius 3 is 2.44 bits per heavy atom. The van der Waals surface area contributed by atoms with Crippen molar-refractivity contribution in [3.63, 3.8) is 0 Å². The van der Waals surface area contributed by atoms with Gasteiger partial charge in [-0.1, -0.05) is 13.8 Å². The minimum Gasteiger partial charge on any atom is -0.481 e. The predicted molar refractivity (Wildman–Crippen MR) is 104 cm³/mol. The lowest BCUT2D eigenvalue weighted by atomic mass is 10.0. The Morgan fingerprint density at radius 2 is 1.89 bits per heavy atom. The van der Waals surface area contributed by atoms with E-state index in [1.165, 1.54) is 18.4 Å². The first-order valence-electron chi connectivity index (χ1n) is 8.52. The third-order valence-electron chi connectivity index (χ3n) is 3.79. The van der Waals surface area contributed by atoms with E-state index < -0.39 is 12.1 Å². The summed E-state index contributed by atoms with van der Waals surface area (Å²) in [6.45, 7) is 5.74. The van der Waals surface area contributed by atoms with Gasteiger partial charge < -0.3 is 14.8 Å². The van der Waals surface area contributed by atoms with Gasteiger partial charge >= 0.3 is 5.97 Å². The summed E-state index contributed by atoms with van der Waals surface area (Å²) in [5.74, 6) is 0.00652. The van der Waals surface area contributed by atoms with Crippen LogP contribution in [0, 0.1) is 17.2 Å². The number of carbonyl (C=O) groups excluding carboxylic acids is 2. The number of amides is 1. The summed E-state index contributed by atoms with van der Waals surface area (Å²) in [6.07, 6.45) is -0.0623. The number of methoxy groups -OCH3 is 1. The molecule has 1 N–H and O–H groups in total. The molecular formula is C20H22N2O4S. The van der Waals surface area contributed by atoms with Gasteiger partial charge in [0.25, 0.3) is 5.91 Å². The standard InChI is InChI=1S/C20H22N2O4S/c1-12(2)9-15-11-27-19(17(15)20(24)25-4)22-18(23)13(3)26-16-7-5-14(10-21)6-8-16/h5-8,11-13H,9H2,1-4H3,(H,22,23). The van der Waals surface area contributed by atoms with Gasteiger partial charge in [0.1, 0.15) is 10.8 Å². The van der Waals surface area contributed by atoms with E-state index in [1.54, 1.807) is 31.2 Å². The number of benzene rings is 1. The van der Waals surface area contributed by atoms with Crippen LogP contribution >= 0.6 is 11.3 Å². The van der Waals surface area contributed by atoms with Crippen molar-refractivity contribution in [2.24, 2.45) is 5.92 Å². The molecule has 1 heterocycles. The van der Waals surface area contributed by atoms with Gasteiger partial charge in [-0.25, -0.2) is 4.79 Å². The van der Waals surface area contributed by atoms with Crippen LogP contribution in [0.5, 0.6) is 5.75 Å². The number of nitrogens with one attached hydrogen (secondary N) is 1. The summed E-state index contributed by atoms with van der Waals surface area (Å²) in [6, 6.07) is 8.53. The molecule has 1 amide bonds. The Bertz CT molecular complexity index is 850. The van der Waals surface area contributed by atoms with E-state index in [0.717, 1.165) is 5.56 Å². The zero-order chi connectivity index (χ0) is 20.0. The molecule has 6 nitrogen and oxygen atoms in total. The van der Waals surface area contributed by atoms with Crippen LogP contribution in [0.4, 0.5) is 5.00 Å². The number of nitrogens with zero attached hydrogens (tertiary/aromatic N) is 1. The van der Waals surface area contributed by atoms with E-state index >= 15 is 0 Å². The Hall–Kier alpha value is -2.85. The molecule has 142 valence electrons. The number of esters is 1. The van der Waals surface area contributed by atoms with Gasteiger partial charge in [0.15, 0.2) is 6.10 Å². The highest BCUT2D eigenvalue weighted by atomic mass is 32.1. The fourth-order valence-electron chi connectivity index (χ4n) is 2.48. The van der Waals surface area contributed by atoms with E-state index in [1.807, 2.05) is 11.4 Å². The summed E-state index contributed by atoms with van der Waals surface area (Å²) < 4.78 is 10.5. The molecule has 0 fully saturated rings. The molecule has 1 unspecified atom stereocenters. The SMILES string of the molecule is COC(=O)c1c(CC(C)C)csc1NC(=O)C(C)Oc1ccc(C#N)cc1. The number of hydrogen-bond donors (Lipinski definition) is 1. The fourth-order valence-corrected chi connectivity index (χ4v) is 3.45. The van der Waals surface area contributed by atoms with Crippen LogP contribution < -0.4 is 10.1 Å². The summed E-state index contributed by atoms with van der Waals surface area (Å²) in [5.41, 5.74) is 1.77. The average Bonchev–Trinajstić information content (AvgIpc) is 3.03. The lowest BCUT2D eigenvalue weighted by Gasteiger charge is -2.15. The molecule has 0 bridgehead atoms. The van der Waals surface area contributed by atoms with Gasteiger partial charge in [-0.2, -0.15) is 5.26 Å². The summed E-state index contributed by atoms with van der Waals surface area (Å²) in [4.78, 5) is 24.7. The molecule has 1 aromatic carbocycles. The van der Waals surface area contributed by atoms with Crippen LogP contribution in [-0.2, 0) is 16.0 Å². The molecule has 1 atom stereocenters. The quantitative estimate of drug-likeness (QED) is 0.726. The van der Waals surface area contributed by atoms with Gasteiger partial charge in [-0.05, 0) is 54.5 Å². The number of hydrogen-bond acceptors (Lipinski definition) is 6. The maximum atomic E-state index is 12.5. The lowest BCUT2D eigenvalue weighted by Crippen LogP contribution is -2.30. The topological polar surface area (TPSA) is 88.4 Å². The molecule has 0 aliphatic rings. The van der Waals surface area contributed by atoms with Crippen molar-refractivity contribution in [1.29, 1.82) is 5.26 Å². The van der Waals surface area contributed by atoms with Crippen LogP contribution in [0.1, 0.15) is 42.3 Å². The Morgan fingerprint density at radius 1 is 1.22 bits per heavy atom. The molecule has 0 saturated carbocycles. The second-order valence-electron chi connectivity index (χ2n) is 6.44. The summed E-state index contributed by atoms with van der Waals surface area (Å²) in [5, 5.41) is 13.9. The number of ether oxygens (including phenoxy) is 2. The summed E-state index contributed by atoms with van der Waals surface area (Å²) >= 11 is 1.29. The third kappa shape index (κ3) is 5.31. The van der Waals surface area contributed by atoms with Crippen molar-refractivity contribution < 1.29 is 19.1 Å². The number of carbonyl (C=O) groups is 2. The molecule has 2 aromatic rings. The Balaban J connectivity index is 2.12. The van der Waals surface area contributed by atoms with Crippen molar-refractivity contribution in [3.8, 4) is 11.8 Å². The first kappa shape index (κ1) is 20.5. The van der Waals surface area contributed by atoms with Crippen molar-refractivity contribution in [2.45, 2.75) is 33.3 Å². The second kappa shape index (κ2) is 9.19. The van der Waals surface area contributed by atoms with Crippen LogP contribution in [0.2, 0.25) is 0 Å². The first-order chi connectivity index (χ1) is 12.8. The normalized spacial score (nSPS) is 11.6. The van der Waals surface area contributed by atoms with E-state index in [4.69, 9.17) is 14.7 Å². The smallest absolute Gasteiger partial charge is 0.341 e. The highest BCUT2D eigenvalue weighted by molar-refractivity contribution is 7.15. The molecule has 7 heteroatoms. The third-order valence-corrected chi connectivity index (χ3v) is 4.73. The highest BCUT2D eigenvalue weighted by Crippen LogP contribution is 2.31. The van der Waals surface area contributed by atoms with Gasteiger partial charge in [0.2, 0.25) is 0 Å². The van der Waals surface area contributed by atoms with Crippen molar-refractivity contribution in [3.05, 3.63) is 46.3 Å². The van der Waals surface area contributed by atoms with Gasteiger partial charge in [0, 0.05) is 0 Å². The number of rotatable bonds is 7. The minimum absolute atomic E-state index is 0.366.